The number of carbonyl (C=O) groups is 1. The molecule has 0 radical (unpaired) electrons. The number of anilines is 1. The van der Waals surface area contributed by atoms with E-state index in [0.717, 1.165) is 33.4 Å². The fourth-order valence-electron chi connectivity index (χ4n) is 3.97. The molecule has 176 valence electrons. The summed E-state index contributed by atoms with van der Waals surface area (Å²) in [6.45, 7) is 7.76. The van der Waals surface area contributed by atoms with Crippen LogP contribution >= 0.6 is 0 Å². The molecule has 2 aromatic carbocycles. The molecule has 1 amide bonds. The molecule has 0 aliphatic rings. The maximum atomic E-state index is 13.1. The highest BCUT2D eigenvalue weighted by Gasteiger charge is 2.18. The van der Waals surface area contributed by atoms with Gasteiger partial charge in [0.15, 0.2) is 0 Å². The fourth-order valence-corrected chi connectivity index (χ4v) is 3.97. The van der Waals surface area contributed by atoms with Crippen molar-refractivity contribution in [1.29, 1.82) is 5.26 Å². The van der Waals surface area contributed by atoms with Crippen LogP contribution in [0.1, 0.15) is 46.5 Å². The number of nitriles is 1. The van der Waals surface area contributed by atoms with Gasteiger partial charge in [0.25, 0.3) is 5.91 Å². The normalized spacial score (nSPS) is 11.2. The summed E-state index contributed by atoms with van der Waals surface area (Å²) in [7, 11) is 1.82. The first-order chi connectivity index (χ1) is 16.5. The molecule has 4 aromatic rings. The van der Waals surface area contributed by atoms with Crippen molar-refractivity contribution in [2.75, 3.05) is 5.32 Å². The van der Waals surface area contributed by atoms with Crippen molar-refractivity contribution in [2.45, 2.75) is 33.2 Å². The lowest BCUT2D eigenvalue weighted by molar-refractivity contribution is 0.102. The molecule has 0 saturated heterocycles. The Hall–Kier alpha value is -4.28. The van der Waals surface area contributed by atoms with Crippen LogP contribution in [0.3, 0.4) is 0 Å². The Bertz CT molecular complexity index is 1470. The van der Waals surface area contributed by atoms with E-state index in [1.54, 1.807) is 17.1 Å². The average molecular weight is 465 g/mol. The Balaban J connectivity index is 1.66. The van der Waals surface area contributed by atoms with Crippen molar-refractivity contribution >= 4 is 11.6 Å². The van der Waals surface area contributed by atoms with E-state index in [1.807, 2.05) is 83.4 Å². The van der Waals surface area contributed by atoms with Crippen LogP contribution in [0, 0.1) is 25.2 Å². The lowest BCUT2D eigenvalue weighted by Crippen LogP contribution is -2.29. The highest BCUT2D eigenvalue weighted by molar-refractivity contribution is 6.05. The molecule has 2 heterocycles. The predicted octanol–water partition coefficient (Wildman–Crippen LogP) is 5.08. The monoisotopic (exact) mass is 464 g/mol. The topological polar surface area (TPSA) is 110 Å². The summed E-state index contributed by atoms with van der Waals surface area (Å²) in [6, 6.07) is 15.4. The highest BCUT2D eigenvalue weighted by atomic mass is 16.1. The molecule has 0 spiro atoms. The van der Waals surface area contributed by atoms with Crippen LogP contribution in [0.2, 0.25) is 0 Å². The summed E-state index contributed by atoms with van der Waals surface area (Å²) in [5.41, 5.74) is 13.3. The Morgan fingerprint density at radius 1 is 1.09 bits per heavy atom. The zero-order valence-corrected chi connectivity index (χ0v) is 20.5. The van der Waals surface area contributed by atoms with Gasteiger partial charge in [0.1, 0.15) is 6.07 Å². The summed E-state index contributed by atoms with van der Waals surface area (Å²) in [5.74, 6) is -0.211. The first kappa shape index (κ1) is 23.9. The van der Waals surface area contributed by atoms with Gasteiger partial charge in [-0.2, -0.15) is 10.4 Å². The largest absolute Gasteiger partial charge is 0.322 e. The van der Waals surface area contributed by atoms with E-state index in [2.05, 4.69) is 21.5 Å². The Morgan fingerprint density at radius 3 is 2.51 bits per heavy atom. The predicted molar refractivity (Wildman–Crippen MR) is 138 cm³/mol. The first-order valence-corrected chi connectivity index (χ1v) is 11.3. The van der Waals surface area contributed by atoms with E-state index in [0.29, 0.717) is 22.5 Å². The Kier molecular flexibility index (Phi) is 6.25. The van der Waals surface area contributed by atoms with Gasteiger partial charge < -0.3 is 11.1 Å². The second kappa shape index (κ2) is 9.16. The number of amides is 1. The van der Waals surface area contributed by atoms with Crippen molar-refractivity contribution < 1.29 is 4.79 Å². The van der Waals surface area contributed by atoms with Crippen molar-refractivity contribution in [3.05, 3.63) is 88.9 Å². The molecule has 0 aliphatic heterocycles. The molecule has 0 atom stereocenters. The first-order valence-electron chi connectivity index (χ1n) is 11.3. The van der Waals surface area contributed by atoms with Crippen LogP contribution in [0.25, 0.3) is 22.4 Å². The standard InChI is InChI=1S/C28H28N6O/c1-17-8-19(11-23(9-17)28(3,4)30)27(35)33-24-7-6-18(2)25(12-24)21-10-20(13-29)26(31-14-21)22-15-32-34(5)16-22/h6-12,14-16H,30H2,1-5H3,(H,33,35). The molecular weight excluding hydrogens is 436 g/mol. The number of pyridine rings is 1. The third-order valence-corrected chi connectivity index (χ3v) is 5.88. The van der Waals surface area contributed by atoms with E-state index in [-0.39, 0.29) is 5.91 Å². The molecular formula is C28H28N6O. The quantitative estimate of drug-likeness (QED) is 0.428. The molecule has 7 heteroatoms. The number of carbonyl (C=O) groups excluding carboxylic acids is 1. The SMILES string of the molecule is Cc1cc(C(=O)Nc2ccc(C)c(-c3cnc(-c4cnn(C)c4)c(C#N)c3)c2)cc(C(C)(C)N)c1. The Labute approximate surface area is 205 Å². The molecule has 0 unspecified atom stereocenters. The van der Waals surface area contributed by atoms with Crippen molar-refractivity contribution in [2.24, 2.45) is 12.8 Å². The molecule has 35 heavy (non-hydrogen) atoms. The van der Waals surface area contributed by atoms with Gasteiger partial charge in [0.05, 0.1) is 17.5 Å². The van der Waals surface area contributed by atoms with Crippen LogP contribution in [0.5, 0.6) is 0 Å². The minimum atomic E-state index is -0.550. The second-order valence-corrected chi connectivity index (χ2v) is 9.43. The summed E-state index contributed by atoms with van der Waals surface area (Å²) in [4.78, 5) is 17.6. The third kappa shape index (κ3) is 5.13. The summed E-state index contributed by atoms with van der Waals surface area (Å²) < 4.78 is 1.67. The maximum Gasteiger partial charge on any atom is 0.255 e. The van der Waals surface area contributed by atoms with Gasteiger partial charge in [0.2, 0.25) is 0 Å². The van der Waals surface area contributed by atoms with Gasteiger partial charge in [-0.05, 0) is 80.3 Å². The number of nitrogens with one attached hydrogen (secondary N) is 1. The molecule has 0 bridgehead atoms. The lowest BCUT2D eigenvalue weighted by atomic mass is 9.92. The summed E-state index contributed by atoms with van der Waals surface area (Å²) in [5, 5.41) is 16.9. The van der Waals surface area contributed by atoms with Gasteiger partial charge in [-0.15, -0.1) is 0 Å². The minimum Gasteiger partial charge on any atom is -0.322 e. The molecule has 4 rings (SSSR count). The smallest absolute Gasteiger partial charge is 0.255 e. The van der Waals surface area contributed by atoms with E-state index >= 15 is 0 Å². The van der Waals surface area contributed by atoms with Crippen LogP contribution in [0.4, 0.5) is 5.69 Å². The molecule has 2 aromatic heterocycles. The number of rotatable bonds is 5. The van der Waals surface area contributed by atoms with Crippen LogP contribution in [-0.4, -0.2) is 20.7 Å². The lowest BCUT2D eigenvalue weighted by Gasteiger charge is -2.21. The molecule has 0 fully saturated rings. The van der Waals surface area contributed by atoms with Crippen molar-refractivity contribution in [3.8, 4) is 28.5 Å². The molecule has 0 aliphatic carbocycles. The zero-order valence-electron chi connectivity index (χ0n) is 20.5. The maximum absolute atomic E-state index is 13.1. The second-order valence-electron chi connectivity index (χ2n) is 9.43. The number of aromatic nitrogens is 3. The number of aryl methyl sites for hydroxylation is 3. The minimum absolute atomic E-state index is 0.211. The molecule has 3 N–H and O–H groups in total. The van der Waals surface area contributed by atoms with Crippen molar-refractivity contribution in [1.82, 2.24) is 14.8 Å². The van der Waals surface area contributed by atoms with E-state index in [9.17, 15) is 10.1 Å². The number of hydrogen-bond acceptors (Lipinski definition) is 5. The number of benzene rings is 2. The van der Waals surface area contributed by atoms with E-state index in [4.69, 9.17) is 5.73 Å². The van der Waals surface area contributed by atoms with Crippen molar-refractivity contribution in [3.63, 3.8) is 0 Å². The van der Waals surface area contributed by atoms with Gasteiger partial charge in [0, 0.05) is 47.4 Å². The van der Waals surface area contributed by atoms with Crippen LogP contribution in [-0.2, 0) is 12.6 Å². The summed E-state index contributed by atoms with van der Waals surface area (Å²) >= 11 is 0. The van der Waals surface area contributed by atoms with Crippen LogP contribution in [0.15, 0.2) is 61.1 Å². The third-order valence-electron chi connectivity index (χ3n) is 5.88. The van der Waals surface area contributed by atoms with Gasteiger partial charge in [-0.25, -0.2) is 0 Å². The van der Waals surface area contributed by atoms with E-state index in [1.165, 1.54) is 0 Å². The summed E-state index contributed by atoms with van der Waals surface area (Å²) in [6.07, 6.45) is 5.26. The number of hydrogen-bond donors (Lipinski definition) is 2. The Morgan fingerprint density at radius 2 is 1.86 bits per heavy atom. The van der Waals surface area contributed by atoms with E-state index < -0.39 is 5.54 Å². The van der Waals surface area contributed by atoms with Crippen LogP contribution < -0.4 is 11.1 Å². The number of nitrogens with zero attached hydrogens (tertiary/aromatic N) is 4. The fraction of sp³-hybridized carbons (Fsp3) is 0.214. The van der Waals surface area contributed by atoms with Gasteiger partial charge in [-0.3, -0.25) is 14.5 Å². The zero-order chi connectivity index (χ0) is 25.3. The molecule has 7 nitrogen and oxygen atoms in total. The highest BCUT2D eigenvalue weighted by Crippen LogP contribution is 2.30. The van der Waals surface area contributed by atoms with Gasteiger partial charge >= 0.3 is 0 Å². The average Bonchev–Trinajstić information content (AvgIpc) is 3.25. The molecule has 0 saturated carbocycles. The van der Waals surface area contributed by atoms with Gasteiger partial charge in [-0.1, -0.05) is 12.1 Å². The number of nitrogens with two attached hydrogens (primary N) is 1.